The Hall–Kier alpha value is -1.71. The molecule has 1 heterocycles. The predicted molar refractivity (Wildman–Crippen MR) is 45.7 cm³/mol. The largest absolute Gasteiger partial charge is 0.478 e. The zero-order valence-corrected chi connectivity index (χ0v) is 6.90. The minimum Gasteiger partial charge on any atom is -0.478 e. The molecule has 0 spiro atoms. The molecule has 0 fully saturated rings. The van der Waals surface area contributed by atoms with Gasteiger partial charge in [0.2, 0.25) is 0 Å². The van der Waals surface area contributed by atoms with Gasteiger partial charge in [0.15, 0.2) is 0 Å². The molecule has 4 heteroatoms. The molecular weight excluding hydrogens is 168 g/mol. The Balaban J connectivity index is 2.44. The smallest absolute Gasteiger partial charge is 0.335 e. The minimum atomic E-state index is -0.898. The maximum Gasteiger partial charge on any atom is 0.335 e. The summed E-state index contributed by atoms with van der Waals surface area (Å²) in [6, 6.07) is 5.06. The Morgan fingerprint density at radius 2 is 1.92 bits per heavy atom. The number of hydrogen-bond donors (Lipinski definition) is 1. The Morgan fingerprint density at radius 3 is 2.62 bits per heavy atom. The summed E-state index contributed by atoms with van der Waals surface area (Å²) >= 11 is 0. The quantitative estimate of drug-likeness (QED) is 0.709. The van der Waals surface area contributed by atoms with Crippen molar-refractivity contribution < 1.29 is 9.90 Å². The van der Waals surface area contributed by atoms with Crippen LogP contribution in [0.15, 0.2) is 28.4 Å². The molecule has 0 atom stereocenters. The summed E-state index contributed by atoms with van der Waals surface area (Å²) in [7, 11) is 0. The van der Waals surface area contributed by atoms with E-state index in [0.717, 1.165) is 11.1 Å². The number of carbonyl (C=O) groups is 1. The average Bonchev–Trinajstić information content (AvgIpc) is 2.17. The molecule has 0 amide bonds. The lowest BCUT2D eigenvalue weighted by atomic mass is 10.0. The van der Waals surface area contributed by atoms with E-state index in [4.69, 9.17) is 5.11 Å². The van der Waals surface area contributed by atoms with Gasteiger partial charge in [0.1, 0.15) is 0 Å². The standard InChI is InChI=1S/C9H8N2O2/c12-9(13)6-1-2-7-4-10-11-5-8(7)3-6/h1-3H,4-5H2,(H,12,13). The molecular formula is C9H8N2O2. The van der Waals surface area contributed by atoms with Crippen molar-refractivity contribution in [1.82, 2.24) is 0 Å². The van der Waals surface area contributed by atoms with Crippen LogP contribution in [0, 0.1) is 0 Å². The lowest BCUT2D eigenvalue weighted by molar-refractivity contribution is 0.0696. The fraction of sp³-hybridized carbons (Fsp3) is 0.222. The second-order valence-electron chi connectivity index (χ2n) is 2.89. The first-order valence-corrected chi connectivity index (χ1v) is 3.96. The first-order chi connectivity index (χ1) is 6.27. The molecule has 1 aromatic carbocycles. The highest BCUT2D eigenvalue weighted by Crippen LogP contribution is 2.18. The number of carboxylic acids is 1. The summed E-state index contributed by atoms with van der Waals surface area (Å²) in [4.78, 5) is 10.6. The van der Waals surface area contributed by atoms with Crippen molar-refractivity contribution >= 4 is 5.97 Å². The van der Waals surface area contributed by atoms with Crippen molar-refractivity contribution in [2.45, 2.75) is 13.1 Å². The topological polar surface area (TPSA) is 62.0 Å². The first kappa shape index (κ1) is 7.91. The van der Waals surface area contributed by atoms with Crippen molar-refractivity contribution in [2.75, 3.05) is 0 Å². The van der Waals surface area contributed by atoms with Crippen LogP contribution in [0.1, 0.15) is 21.5 Å². The van der Waals surface area contributed by atoms with Crippen LogP contribution in [-0.2, 0) is 13.1 Å². The fourth-order valence-corrected chi connectivity index (χ4v) is 1.31. The van der Waals surface area contributed by atoms with Gasteiger partial charge in [-0.1, -0.05) is 6.07 Å². The highest BCUT2D eigenvalue weighted by molar-refractivity contribution is 5.87. The molecule has 0 saturated heterocycles. The highest BCUT2D eigenvalue weighted by Gasteiger charge is 2.09. The maximum atomic E-state index is 10.6. The van der Waals surface area contributed by atoms with Gasteiger partial charge < -0.3 is 5.11 Å². The molecule has 13 heavy (non-hydrogen) atoms. The fourth-order valence-electron chi connectivity index (χ4n) is 1.31. The van der Waals surface area contributed by atoms with Crippen LogP contribution in [0.4, 0.5) is 0 Å². The van der Waals surface area contributed by atoms with Gasteiger partial charge in [-0.15, -0.1) is 0 Å². The van der Waals surface area contributed by atoms with Crippen molar-refractivity contribution in [3.05, 3.63) is 34.9 Å². The van der Waals surface area contributed by atoms with E-state index >= 15 is 0 Å². The lowest BCUT2D eigenvalue weighted by Crippen LogP contribution is -2.02. The first-order valence-electron chi connectivity index (χ1n) is 3.96. The van der Waals surface area contributed by atoms with Crippen molar-refractivity contribution in [3.63, 3.8) is 0 Å². The molecule has 0 unspecified atom stereocenters. The van der Waals surface area contributed by atoms with Crippen LogP contribution in [0.25, 0.3) is 0 Å². The Kier molecular flexibility index (Phi) is 1.81. The van der Waals surface area contributed by atoms with Gasteiger partial charge in [-0.25, -0.2) is 4.79 Å². The summed E-state index contributed by atoms with van der Waals surface area (Å²) < 4.78 is 0. The van der Waals surface area contributed by atoms with Crippen LogP contribution < -0.4 is 0 Å². The van der Waals surface area contributed by atoms with Crippen molar-refractivity contribution in [3.8, 4) is 0 Å². The number of fused-ring (bicyclic) bond motifs is 1. The number of carboxylic acid groups (broad SMARTS) is 1. The molecule has 4 nitrogen and oxygen atoms in total. The molecule has 2 rings (SSSR count). The lowest BCUT2D eigenvalue weighted by Gasteiger charge is -2.09. The Bertz CT molecular complexity index is 385. The summed E-state index contributed by atoms with van der Waals surface area (Å²) in [5.41, 5.74) is 2.35. The highest BCUT2D eigenvalue weighted by atomic mass is 16.4. The van der Waals surface area contributed by atoms with Gasteiger partial charge in [0.05, 0.1) is 18.7 Å². The summed E-state index contributed by atoms with van der Waals surface area (Å²) in [6.45, 7) is 1.06. The second kappa shape index (κ2) is 2.97. The third-order valence-corrected chi connectivity index (χ3v) is 2.04. The molecule has 0 radical (unpaired) electrons. The van der Waals surface area contributed by atoms with Gasteiger partial charge in [-0.05, 0) is 23.3 Å². The number of azo groups is 1. The van der Waals surface area contributed by atoms with Crippen LogP contribution in [0.2, 0.25) is 0 Å². The zero-order valence-electron chi connectivity index (χ0n) is 6.90. The number of hydrogen-bond acceptors (Lipinski definition) is 3. The van der Waals surface area contributed by atoms with Gasteiger partial charge >= 0.3 is 5.97 Å². The molecule has 0 aromatic heterocycles. The van der Waals surface area contributed by atoms with E-state index < -0.39 is 5.97 Å². The van der Waals surface area contributed by atoms with E-state index in [9.17, 15) is 4.79 Å². The van der Waals surface area contributed by atoms with E-state index in [-0.39, 0.29) is 0 Å². The van der Waals surface area contributed by atoms with Crippen molar-refractivity contribution in [2.24, 2.45) is 10.2 Å². The number of benzene rings is 1. The maximum absolute atomic E-state index is 10.6. The number of aromatic carboxylic acids is 1. The van der Waals surface area contributed by atoms with Crippen LogP contribution in [-0.4, -0.2) is 11.1 Å². The Morgan fingerprint density at radius 1 is 1.23 bits per heavy atom. The number of rotatable bonds is 1. The van der Waals surface area contributed by atoms with Gasteiger partial charge in [-0.3, -0.25) is 0 Å². The summed E-state index contributed by atoms with van der Waals surface area (Å²) in [6.07, 6.45) is 0. The van der Waals surface area contributed by atoms with E-state index in [1.807, 2.05) is 0 Å². The van der Waals surface area contributed by atoms with E-state index in [0.29, 0.717) is 18.7 Å². The van der Waals surface area contributed by atoms with Gasteiger partial charge in [0.25, 0.3) is 0 Å². The SMILES string of the molecule is O=C(O)c1ccc2c(c1)CN=NC2. The Labute approximate surface area is 74.9 Å². The average molecular weight is 176 g/mol. The third kappa shape index (κ3) is 1.42. The van der Waals surface area contributed by atoms with Crippen LogP contribution >= 0.6 is 0 Å². The van der Waals surface area contributed by atoms with Crippen LogP contribution in [0.3, 0.4) is 0 Å². The van der Waals surface area contributed by atoms with E-state index in [2.05, 4.69) is 10.2 Å². The molecule has 66 valence electrons. The van der Waals surface area contributed by atoms with Gasteiger partial charge in [-0.2, -0.15) is 10.2 Å². The molecule has 1 N–H and O–H groups in total. The third-order valence-electron chi connectivity index (χ3n) is 2.04. The monoisotopic (exact) mass is 176 g/mol. The van der Waals surface area contributed by atoms with Gasteiger partial charge in [0, 0.05) is 0 Å². The van der Waals surface area contributed by atoms with E-state index in [1.165, 1.54) is 0 Å². The zero-order chi connectivity index (χ0) is 9.26. The second-order valence-corrected chi connectivity index (χ2v) is 2.89. The summed E-state index contributed by atoms with van der Waals surface area (Å²) in [5.74, 6) is -0.898. The van der Waals surface area contributed by atoms with Crippen LogP contribution in [0.5, 0.6) is 0 Å². The molecule has 1 aromatic rings. The molecule has 0 aliphatic carbocycles. The normalized spacial score (nSPS) is 13.8. The minimum absolute atomic E-state index is 0.316. The predicted octanol–water partition coefficient (Wildman–Crippen LogP) is 1.85. The molecule has 0 bridgehead atoms. The van der Waals surface area contributed by atoms with Crippen molar-refractivity contribution in [1.29, 1.82) is 0 Å². The molecule has 0 saturated carbocycles. The number of nitrogens with zero attached hydrogens (tertiary/aromatic N) is 2. The molecule has 1 aliphatic rings. The van der Waals surface area contributed by atoms with E-state index in [1.54, 1.807) is 18.2 Å². The summed E-state index contributed by atoms with van der Waals surface area (Å²) in [5, 5.41) is 16.5. The molecule has 1 aliphatic heterocycles.